The van der Waals surface area contributed by atoms with Crippen LogP contribution >= 0.6 is 0 Å². The van der Waals surface area contributed by atoms with Crippen molar-refractivity contribution in [1.29, 1.82) is 0 Å². The average Bonchev–Trinajstić information content (AvgIpc) is 3.30. The molecule has 0 saturated carbocycles. The van der Waals surface area contributed by atoms with Crippen LogP contribution in [-0.4, -0.2) is 59.6 Å². The number of hydrogen-bond acceptors (Lipinski definition) is 6. The molecule has 8 nitrogen and oxygen atoms in total. The number of aromatic nitrogens is 3. The average molecular weight is 363 g/mol. The van der Waals surface area contributed by atoms with Gasteiger partial charge in [-0.15, -0.1) is 0 Å². The minimum atomic E-state index is -3.56. The number of nitrogens with one attached hydrogen (secondary N) is 1. The summed E-state index contributed by atoms with van der Waals surface area (Å²) in [6.45, 7) is 2.23. The van der Waals surface area contributed by atoms with Crippen molar-refractivity contribution in [3.63, 3.8) is 0 Å². The smallest absolute Gasteiger partial charge is 0.262 e. The van der Waals surface area contributed by atoms with Crippen molar-refractivity contribution in [2.75, 3.05) is 31.6 Å². The van der Waals surface area contributed by atoms with E-state index >= 15 is 0 Å². The number of nitrogens with zero attached hydrogens (tertiary/aromatic N) is 4. The van der Waals surface area contributed by atoms with Crippen molar-refractivity contribution in [2.24, 2.45) is 18.9 Å². The number of sulfonamides is 1. The van der Waals surface area contributed by atoms with E-state index in [2.05, 4.69) is 15.3 Å². The summed E-state index contributed by atoms with van der Waals surface area (Å²) in [6, 6.07) is 5.72. The van der Waals surface area contributed by atoms with Gasteiger partial charge in [-0.25, -0.2) is 18.4 Å². The van der Waals surface area contributed by atoms with Crippen LogP contribution in [0.1, 0.15) is 0 Å². The van der Waals surface area contributed by atoms with Gasteiger partial charge in [-0.05, 0) is 12.1 Å². The first kappa shape index (κ1) is 16.5. The summed E-state index contributed by atoms with van der Waals surface area (Å²) >= 11 is 0. The van der Waals surface area contributed by atoms with Gasteiger partial charge >= 0.3 is 0 Å². The Balaban J connectivity index is 1.42. The van der Waals surface area contributed by atoms with E-state index in [1.807, 2.05) is 18.2 Å². The van der Waals surface area contributed by atoms with Crippen molar-refractivity contribution < 1.29 is 13.2 Å². The maximum absolute atomic E-state index is 12.7. The molecule has 2 aliphatic rings. The Morgan fingerprint density at radius 2 is 2.20 bits per heavy atom. The zero-order valence-corrected chi connectivity index (χ0v) is 14.8. The lowest BCUT2D eigenvalue weighted by atomic mass is 9.93. The fourth-order valence-corrected chi connectivity index (χ4v) is 4.98. The van der Waals surface area contributed by atoms with Crippen LogP contribution in [0.3, 0.4) is 0 Å². The van der Waals surface area contributed by atoms with E-state index in [-0.39, 0.29) is 23.0 Å². The van der Waals surface area contributed by atoms with Gasteiger partial charge in [-0.2, -0.15) is 4.31 Å². The van der Waals surface area contributed by atoms with Gasteiger partial charge in [0.2, 0.25) is 0 Å². The summed E-state index contributed by atoms with van der Waals surface area (Å²) in [7, 11) is -1.80. The van der Waals surface area contributed by atoms with Crippen LogP contribution in [0.4, 0.5) is 5.82 Å². The minimum Gasteiger partial charge on any atom is -0.376 e. The largest absolute Gasteiger partial charge is 0.376 e. The molecule has 0 aromatic carbocycles. The molecule has 2 saturated heterocycles. The lowest BCUT2D eigenvalue weighted by molar-refractivity contribution is 0.104. The molecule has 9 heteroatoms. The number of imidazole rings is 1. The second-order valence-electron chi connectivity index (χ2n) is 6.59. The molecule has 25 heavy (non-hydrogen) atoms. The molecule has 4 heterocycles. The van der Waals surface area contributed by atoms with E-state index in [1.54, 1.807) is 17.8 Å². The van der Waals surface area contributed by atoms with E-state index in [0.717, 1.165) is 12.4 Å². The monoisotopic (exact) mass is 363 g/mol. The van der Waals surface area contributed by atoms with Gasteiger partial charge in [0, 0.05) is 50.9 Å². The van der Waals surface area contributed by atoms with Crippen LogP contribution in [0.25, 0.3) is 0 Å². The highest BCUT2D eigenvalue weighted by molar-refractivity contribution is 7.89. The van der Waals surface area contributed by atoms with Crippen LogP contribution in [0.2, 0.25) is 0 Å². The van der Waals surface area contributed by atoms with Gasteiger partial charge in [0.15, 0.2) is 5.03 Å². The molecule has 4 rings (SSSR count). The number of ether oxygens (including phenoxy) is 1. The first-order chi connectivity index (χ1) is 12.0. The summed E-state index contributed by atoms with van der Waals surface area (Å²) in [5.74, 6) is 1.27. The standard InChI is InChI=1S/C16H21N5O3S/c1-20-9-16(19-11-20)25(22,23)21-7-13-12(10-24-14(13)8-21)6-18-15-4-2-3-5-17-15/h2-5,9,11-14H,6-8,10H2,1H3,(H,17,18)/t12-,13+,14+/m1/s1. The number of pyridine rings is 1. The van der Waals surface area contributed by atoms with Crippen LogP contribution in [0, 0.1) is 11.8 Å². The van der Waals surface area contributed by atoms with Gasteiger partial charge in [-0.3, -0.25) is 0 Å². The molecule has 0 spiro atoms. The Hall–Kier alpha value is -1.97. The van der Waals surface area contributed by atoms with Gasteiger partial charge in [0.05, 0.1) is 19.0 Å². The first-order valence-corrected chi connectivity index (χ1v) is 9.72. The Morgan fingerprint density at radius 3 is 2.92 bits per heavy atom. The Labute approximate surface area is 146 Å². The van der Waals surface area contributed by atoms with Gasteiger partial charge in [0.1, 0.15) is 5.82 Å². The third-order valence-electron chi connectivity index (χ3n) is 4.90. The SMILES string of the molecule is Cn1cnc(S(=O)(=O)N2C[C@H]3[C@H](CNc4ccccn4)CO[C@H]3C2)c1. The van der Waals surface area contributed by atoms with Crippen LogP contribution in [0.5, 0.6) is 0 Å². The number of hydrogen-bond donors (Lipinski definition) is 1. The zero-order valence-electron chi connectivity index (χ0n) is 13.9. The van der Waals surface area contributed by atoms with E-state index in [9.17, 15) is 8.42 Å². The molecule has 2 aromatic heterocycles. The summed E-state index contributed by atoms with van der Waals surface area (Å²) in [5, 5.41) is 3.41. The van der Waals surface area contributed by atoms with Crippen LogP contribution in [-0.2, 0) is 21.8 Å². The third-order valence-corrected chi connectivity index (χ3v) is 6.62. The number of anilines is 1. The molecule has 0 bridgehead atoms. The van der Waals surface area contributed by atoms with Crippen molar-refractivity contribution >= 4 is 15.8 Å². The summed E-state index contributed by atoms with van der Waals surface area (Å²) < 4.78 is 34.5. The van der Waals surface area contributed by atoms with Crippen molar-refractivity contribution in [3.8, 4) is 0 Å². The van der Waals surface area contributed by atoms with E-state index < -0.39 is 10.0 Å². The Kier molecular flexibility index (Phi) is 4.22. The van der Waals surface area contributed by atoms with Crippen molar-refractivity contribution in [3.05, 3.63) is 36.9 Å². The minimum absolute atomic E-state index is 0.0472. The maximum Gasteiger partial charge on any atom is 0.262 e. The lowest BCUT2D eigenvalue weighted by Crippen LogP contribution is -2.32. The van der Waals surface area contributed by atoms with Crippen molar-refractivity contribution in [1.82, 2.24) is 18.8 Å². The molecular weight excluding hydrogens is 342 g/mol. The molecular formula is C16H21N5O3S. The van der Waals surface area contributed by atoms with E-state index in [4.69, 9.17) is 4.74 Å². The Bertz CT molecular complexity index is 838. The number of fused-ring (bicyclic) bond motifs is 1. The van der Waals surface area contributed by atoms with Gasteiger partial charge < -0.3 is 14.6 Å². The predicted octanol–water partition coefficient (Wildman–Crippen LogP) is 0.563. The second-order valence-corrected chi connectivity index (χ2v) is 8.48. The summed E-state index contributed by atoms with van der Waals surface area (Å²) in [5.41, 5.74) is 0. The highest BCUT2D eigenvalue weighted by Gasteiger charge is 2.47. The van der Waals surface area contributed by atoms with Gasteiger partial charge in [0.25, 0.3) is 10.0 Å². The van der Waals surface area contributed by atoms with Gasteiger partial charge in [-0.1, -0.05) is 6.07 Å². The number of rotatable bonds is 5. The molecule has 0 unspecified atom stereocenters. The Morgan fingerprint density at radius 1 is 1.32 bits per heavy atom. The summed E-state index contributed by atoms with van der Waals surface area (Å²) in [4.78, 5) is 8.25. The maximum atomic E-state index is 12.7. The summed E-state index contributed by atoms with van der Waals surface area (Å²) in [6.07, 6.45) is 4.73. The molecule has 134 valence electrons. The van der Waals surface area contributed by atoms with E-state index in [1.165, 1.54) is 16.8 Å². The quantitative estimate of drug-likeness (QED) is 0.835. The first-order valence-electron chi connectivity index (χ1n) is 8.28. The third kappa shape index (κ3) is 3.14. The fourth-order valence-electron chi connectivity index (χ4n) is 3.53. The molecule has 1 N–H and O–H groups in total. The molecule has 0 radical (unpaired) electrons. The molecule has 2 aromatic rings. The van der Waals surface area contributed by atoms with Crippen molar-refractivity contribution in [2.45, 2.75) is 11.1 Å². The predicted molar refractivity (Wildman–Crippen MR) is 91.4 cm³/mol. The lowest BCUT2D eigenvalue weighted by Gasteiger charge is -2.19. The molecule has 2 aliphatic heterocycles. The van der Waals surface area contributed by atoms with Crippen LogP contribution < -0.4 is 5.32 Å². The molecule has 2 fully saturated rings. The zero-order chi connectivity index (χ0) is 17.4. The highest BCUT2D eigenvalue weighted by atomic mass is 32.2. The molecule has 3 atom stereocenters. The topological polar surface area (TPSA) is 89.4 Å². The van der Waals surface area contributed by atoms with E-state index in [0.29, 0.717) is 19.7 Å². The number of aryl methyl sites for hydroxylation is 1. The fraction of sp³-hybridized carbons (Fsp3) is 0.500. The molecule has 0 amide bonds. The normalized spacial score (nSPS) is 26.7. The molecule has 0 aliphatic carbocycles. The highest BCUT2D eigenvalue weighted by Crippen LogP contribution is 2.36. The second kappa shape index (κ2) is 6.40. The van der Waals surface area contributed by atoms with Crippen LogP contribution in [0.15, 0.2) is 41.9 Å².